The average molecular weight is 218 g/mol. The minimum Gasteiger partial charge on any atom is -0.219 e. The fourth-order valence-corrected chi connectivity index (χ4v) is 8.04. The van der Waals surface area contributed by atoms with E-state index in [0.717, 1.165) is 15.5 Å². The fourth-order valence-electron chi connectivity index (χ4n) is 1.46. The molecule has 74 valence electrons. The van der Waals surface area contributed by atoms with E-state index in [4.69, 9.17) is 0 Å². The Morgan fingerprint density at radius 2 is 2.00 bits per heavy atom. The first-order chi connectivity index (χ1) is 5.91. The van der Waals surface area contributed by atoms with E-state index in [1.165, 1.54) is 0 Å². The molecule has 0 aromatic heterocycles. The van der Waals surface area contributed by atoms with E-state index >= 15 is 0 Å². The van der Waals surface area contributed by atoms with Crippen LogP contribution in [0.25, 0.3) is 0 Å². The lowest BCUT2D eigenvalue weighted by Crippen LogP contribution is -1.99. The zero-order valence-electron chi connectivity index (χ0n) is 8.17. The Hall–Kier alpha value is -0.150. The molecular formula is C10H15FS2. The summed E-state index contributed by atoms with van der Waals surface area (Å²) >= 11 is 0. The number of rotatable bonds is 1. The van der Waals surface area contributed by atoms with Crippen molar-refractivity contribution in [2.45, 2.75) is 11.8 Å². The summed E-state index contributed by atoms with van der Waals surface area (Å²) in [4.78, 5) is 0.974. The van der Waals surface area contributed by atoms with Crippen molar-refractivity contribution in [3.63, 3.8) is 0 Å². The van der Waals surface area contributed by atoms with Crippen molar-refractivity contribution in [2.24, 2.45) is 0 Å². The summed E-state index contributed by atoms with van der Waals surface area (Å²) in [5.41, 5.74) is 1.01. The highest BCUT2D eigenvalue weighted by molar-refractivity contribution is 9.16. The largest absolute Gasteiger partial charge is 0.219 e. The molecule has 1 fully saturated rings. The molecule has 0 saturated carbocycles. The minimum atomic E-state index is -1.77. The van der Waals surface area contributed by atoms with Gasteiger partial charge in [0.2, 0.25) is 0 Å². The number of aryl methyl sites for hydroxylation is 1. The summed E-state index contributed by atoms with van der Waals surface area (Å²) in [6.07, 6.45) is 4.48. The Labute approximate surface area is 82.6 Å². The van der Waals surface area contributed by atoms with Crippen molar-refractivity contribution in [1.29, 1.82) is 0 Å². The molecule has 1 aliphatic heterocycles. The van der Waals surface area contributed by atoms with Gasteiger partial charge in [0, 0.05) is 9.98 Å². The smallest absolute Gasteiger partial charge is 0.134 e. The molecule has 2 rings (SSSR count). The number of hydrogen-bond acceptors (Lipinski definition) is 1. The van der Waals surface area contributed by atoms with E-state index in [9.17, 15) is 4.39 Å². The van der Waals surface area contributed by atoms with Crippen LogP contribution in [0.3, 0.4) is 0 Å². The molecule has 1 heterocycles. The van der Waals surface area contributed by atoms with Gasteiger partial charge in [0.05, 0.1) is 0 Å². The predicted molar refractivity (Wildman–Crippen MR) is 62.7 cm³/mol. The van der Waals surface area contributed by atoms with E-state index in [0.29, 0.717) is 0 Å². The molecule has 3 heteroatoms. The van der Waals surface area contributed by atoms with E-state index in [1.807, 2.05) is 29.9 Å². The van der Waals surface area contributed by atoms with Crippen LogP contribution in [0.5, 0.6) is 0 Å². The second-order valence-corrected chi connectivity index (χ2v) is 15.1. The molecule has 1 aromatic carbocycles. The molecular weight excluding hydrogens is 203 g/mol. The summed E-state index contributed by atoms with van der Waals surface area (Å²) < 4.78 is 13.7. The lowest BCUT2D eigenvalue weighted by atomic mass is 10.2. The Morgan fingerprint density at radius 1 is 1.38 bits per heavy atom. The van der Waals surface area contributed by atoms with Gasteiger partial charge in [-0.15, -0.1) is 10.8 Å². The third kappa shape index (κ3) is 1.48. The van der Waals surface area contributed by atoms with Gasteiger partial charge in [0.15, 0.2) is 0 Å². The Balaban J connectivity index is 2.54. The standard InChI is InChI=1S/C10H15FS2/c1-8-4-5-10(9(11)6-8)13(2,3)7-12-13/h4-6,13H,7H2,1-3H3. The van der Waals surface area contributed by atoms with Gasteiger partial charge < -0.3 is 0 Å². The summed E-state index contributed by atoms with van der Waals surface area (Å²) in [6.45, 7) is 1.93. The molecule has 0 unspecified atom stereocenters. The summed E-state index contributed by atoms with van der Waals surface area (Å²) in [7, 11) is 0.165. The first-order valence-corrected chi connectivity index (χ1v) is 9.24. The molecule has 0 spiro atoms. The van der Waals surface area contributed by atoms with Crippen molar-refractivity contribution in [1.82, 2.24) is 0 Å². The molecule has 0 amide bonds. The van der Waals surface area contributed by atoms with Gasteiger partial charge in [0.25, 0.3) is 0 Å². The van der Waals surface area contributed by atoms with Crippen molar-refractivity contribution in [3.05, 3.63) is 29.6 Å². The van der Waals surface area contributed by atoms with Crippen LogP contribution < -0.4 is 0 Å². The maximum atomic E-state index is 13.7. The lowest BCUT2D eigenvalue weighted by Gasteiger charge is -2.33. The van der Waals surface area contributed by atoms with E-state index in [1.54, 1.807) is 6.07 Å². The highest BCUT2D eigenvalue weighted by Gasteiger charge is 2.48. The van der Waals surface area contributed by atoms with Crippen molar-refractivity contribution >= 4 is 19.0 Å². The first-order valence-electron chi connectivity index (χ1n) is 4.33. The molecule has 1 aliphatic rings. The SMILES string of the molecule is Cc1ccc([SH]2(C)(C)CS2)c(F)c1. The fraction of sp³-hybridized carbons (Fsp3) is 0.400. The average Bonchev–Trinajstić information content (AvgIpc) is 2.62. The van der Waals surface area contributed by atoms with Crippen LogP contribution in [-0.4, -0.2) is 17.6 Å². The molecule has 0 aliphatic carbocycles. The van der Waals surface area contributed by atoms with E-state index in [-0.39, 0.29) is 5.82 Å². The highest BCUT2D eigenvalue weighted by atomic mass is 33.2. The predicted octanol–water partition coefficient (Wildman–Crippen LogP) is 3.44. The summed E-state index contributed by atoms with van der Waals surface area (Å²) in [5, 5.41) is 1.14. The number of thiol groups is 1. The van der Waals surface area contributed by atoms with Crippen LogP contribution in [0.4, 0.5) is 4.39 Å². The van der Waals surface area contributed by atoms with Crippen molar-refractivity contribution in [3.8, 4) is 0 Å². The Bertz CT molecular complexity index is 363. The second kappa shape index (κ2) is 2.45. The van der Waals surface area contributed by atoms with Gasteiger partial charge in [0.1, 0.15) is 5.82 Å². The Kier molecular flexibility index (Phi) is 1.77. The van der Waals surface area contributed by atoms with Crippen LogP contribution in [0.15, 0.2) is 23.1 Å². The van der Waals surface area contributed by atoms with E-state index in [2.05, 4.69) is 12.5 Å². The molecule has 0 nitrogen and oxygen atoms in total. The van der Waals surface area contributed by atoms with Crippen molar-refractivity contribution in [2.75, 3.05) is 17.6 Å². The molecule has 0 radical (unpaired) electrons. The van der Waals surface area contributed by atoms with Crippen LogP contribution >= 0.6 is 19.0 Å². The van der Waals surface area contributed by atoms with Gasteiger partial charge in [-0.2, -0.15) is 0 Å². The quantitative estimate of drug-likeness (QED) is 0.428. The number of hydrogen-bond donors (Lipinski definition) is 1. The van der Waals surface area contributed by atoms with Crippen LogP contribution in [0.2, 0.25) is 0 Å². The number of benzene rings is 1. The lowest BCUT2D eigenvalue weighted by molar-refractivity contribution is 0.599. The van der Waals surface area contributed by atoms with Gasteiger partial charge in [-0.25, -0.2) is 12.6 Å². The monoisotopic (exact) mass is 218 g/mol. The molecule has 0 atom stereocenters. The first kappa shape index (κ1) is 9.41. The number of halogens is 1. The molecule has 0 bridgehead atoms. The van der Waals surface area contributed by atoms with Crippen LogP contribution in [0.1, 0.15) is 5.56 Å². The maximum absolute atomic E-state index is 13.7. The van der Waals surface area contributed by atoms with Gasteiger partial charge in [-0.3, -0.25) is 0 Å². The maximum Gasteiger partial charge on any atom is 0.134 e. The molecule has 13 heavy (non-hydrogen) atoms. The minimum absolute atomic E-state index is 0.00679. The topological polar surface area (TPSA) is 0 Å². The molecule has 1 aromatic rings. The molecule has 1 saturated heterocycles. The zero-order valence-corrected chi connectivity index (χ0v) is 9.88. The second-order valence-electron chi connectivity index (χ2n) is 4.48. The third-order valence-electron chi connectivity index (χ3n) is 2.63. The van der Waals surface area contributed by atoms with Gasteiger partial charge in [-0.05, 0) is 37.1 Å². The van der Waals surface area contributed by atoms with Crippen LogP contribution in [0, 0.1) is 12.7 Å². The van der Waals surface area contributed by atoms with Crippen LogP contribution in [-0.2, 0) is 0 Å². The zero-order chi connectivity index (χ0) is 9.71. The van der Waals surface area contributed by atoms with Gasteiger partial charge in [-0.1, -0.05) is 6.07 Å². The Morgan fingerprint density at radius 3 is 2.46 bits per heavy atom. The summed E-state index contributed by atoms with van der Waals surface area (Å²) in [6, 6.07) is 5.64. The van der Waals surface area contributed by atoms with Gasteiger partial charge >= 0.3 is 0 Å². The van der Waals surface area contributed by atoms with E-state index < -0.39 is 8.19 Å². The third-order valence-corrected chi connectivity index (χ3v) is 11.3. The molecule has 0 N–H and O–H groups in total. The summed E-state index contributed by atoms with van der Waals surface area (Å²) in [5.74, 6) is -0.00679. The normalized spacial score (nSPS) is 26.0. The van der Waals surface area contributed by atoms with Crippen molar-refractivity contribution < 1.29 is 4.39 Å². The highest BCUT2D eigenvalue weighted by Crippen LogP contribution is 2.94.